The number of piperidine rings is 1. The highest BCUT2D eigenvalue weighted by Crippen LogP contribution is 2.29. The second kappa shape index (κ2) is 10.0. The van der Waals surface area contributed by atoms with Crippen molar-refractivity contribution in [3.8, 4) is 0 Å². The van der Waals surface area contributed by atoms with Crippen molar-refractivity contribution >= 4 is 17.5 Å². The molecule has 0 bridgehead atoms. The fourth-order valence-electron chi connectivity index (χ4n) is 3.96. The highest BCUT2D eigenvalue weighted by Gasteiger charge is 2.37. The van der Waals surface area contributed by atoms with E-state index in [4.69, 9.17) is 17.3 Å². The van der Waals surface area contributed by atoms with Crippen LogP contribution < -0.4 is 16.4 Å². The average molecular weight is 401 g/mol. The number of benzene rings is 1. The zero-order valence-corrected chi connectivity index (χ0v) is 16.9. The summed E-state index contributed by atoms with van der Waals surface area (Å²) in [7, 11) is 0. The highest BCUT2D eigenvalue weighted by molar-refractivity contribution is 6.30. The molecule has 1 saturated heterocycles. The van der Waals surface area contributed by atoms with E-state index >= 15 is 0 Å². The van der Waals surface area contributed by atoms with Crippen molar-refractivity contribution in [2.45, 2.75) is 37.6 Å². The summed E-state index contributed by atoms with van der Waals surface area (Å²) in [6.07, 6.45) is 8.27. The van der Waals surface area contributed by atoms with Crippen molar-refractivity contribution in [2.24, 2.45) is 11.7 Å². The summed E-state index contributed by atoms with van der Waals surface area (Å²) in [4.78, 5) is 16.8. The molecular weight excluding hydrogens is 372 g/mol. The van der Waals surface area contributed by atoms with Crippen LogP contribution in [0.2, 0.25) is 5.02 Å². The van der Waals surface area contributed by atoms with Gasteiger partial charge in [0.25, 0.3) is 0 Å². The maximum absolute atomic E-state index is 12.7. The molecule has 0 aliphatic carbocycles. The van der Waals surface area contributed by atoms with E-state index < -0.39 is 5.54 Å². The second-order valence-electron chi connectivity index (χ2n) is 7.54. The molecule has 3 rings (SSSR count). The van der Waals surface area contributed by atoms with Crippen molar-refractivity contribution in [1.29, 1.82) is 0 Å². The number of aromatic nitrogens is 1. The van der Waals surface area contributed by atoms with E-state index in [0.29, 0.717) is 17.4 Å². The molecule has 1 aliphatic rings. The summed E-state index contributed by atoms with van der Waals surface area (Å²) in [5, 5.41) is 7.57. The Hall–Kier alpha value is -1.95. The Morgan fingerprint density at radius 1 is 1.18 bits per heavy atom. The molecule has 0 radical (unpaired) electrons. The van der Waals surface area contributed by atoms with Crippen LogP contribution in [0.25, 0.3) is 0 Å². The summed E-state index contributed by atoms with van der Waals surface area (Å²) >= 11 is 6.07. The number of aryl methyl sites for hydroxylation is 1. The third-order valence-corrected chi connectivity index (χ3v) is 5.99. The summed E-state index contributed by atoms with van der Waals surface area (Å²) in [6, 6.07) is 11.4. The third kappa shape index (κ3) is 5.31. The van der Waals surface area contributed by atoms with E-state index in [2.05, 4.69) is 15.6 Å². The Morgan fingerprint density at radius 2 is 1.86 bits per heavy atom. The molecule has 6 heteroatoms. The highest BCUT2D eigenvalue weighted by atomic mass is 35.5. The molecule has 1 amide bonds. The van der Waals surface area contributed by atoms with Gasteiger partial charge in [-0.15, -0.1) is 0 Å². The van der Waals surface area contributed by atoms with Crippen LogP contribution in [0.1, 0.15) is 36.8 Å². The van der Waals surface area contributed by atoms with Crippen molar-refractivity contribution in [2.75, 3.05) is 19.6 Å². The monoisotopic (exact) mass is 400 g/mol. The minimum atomic E-state index is -0.916. The van der Waals surface area contributed by atoms with E-state index in [1.807, 2.05) is 36.4 Å². The number of rotatable bonds is 9. The molecule has 1 atom stereocenters. The minimum Gasteiger partial charge on any atom is -0.368 e. The fourth-order valence-corrected chi connectivity index (χ4v) is 4.09. The number of primary amides is 1. The van der Waals surface area contributed by atoms with E-state index in [0.717, 1.165) is 43.6 Å². The third-order valence-electron chi connectivity index (χ3n) is 5.73. The number of pyridine rings is 1. The van der Waals surface area contributed by atoms with Crippen LogP contribution in [0.5, 0.6) is 0 Å². The van der Waals surface area contributed by atoms with Gasteiger partial charge < -0.3 is 11.1 Å². The maximum atomic E-state index is 12.7. The lowest BCUT2D eigenvalue weighted by Crippen LogP contribution is -2.53. The van der Waals surface area contributed by atoms with Crippen LogP contribution >= 0.6 is 11.6 Å². The normalized spacial score (nSPS) is 17.2. The first kappa shape index (κ1) is 20.8. The number of nitrogens with zero attached hydrogens (tertiary/aromatic N) is 1. The van der Waals surface area contributed by atoms with Crippen LogP contribution in [0.15, 0.2) is 48.8 Å². The molecular formula is C22H29ClN4O. The molecule has 4 N–H and O–H groups in total. The largest absolute Gasteiger partial charge is 0.368 e. The first-order chi connectivity index (χ1) is 13.6. The van der Waals surface area contributed by atoms with Gasteiger partial charge in [0, 0.05) is 17.4 Å². The zero-order chi connectivity index (χ0) is 19.8. The Labute approximate surface area is 172 Å². The van der Waals surface area contributed by atoms with Crippen LogP contribution in [0.3, 0.4) is 0 Å². The van der Waals surface area contributed by atoms with Gasteiger partial charge in [-0.25, -0.2) is 0 Å². The summed E-state index contributed by atoms with van der Waals surface area (Å²) in [6.45, 7) is 2.91. The smallest absolute Gasteiger partial charge is 0.242 e. The van der Waals surface area contributed by atoms with Gasteiger partial charge in [0.05, 0.1) is 0 Å². The topological polar surface area (TPSA) is 80.0 Å². The summed E-state index contributed by atoms with van der Waals surface area (Å²) in [5.41, 5.74) is 7.05. The Bertz CT molecular complexity index is 747. The van der Waals surface area contributed by atoms with Gasteiger partial charge in [-0.1, -0.05) is 23.7 Å². The van der Waals surface area contributed by atoms with Gasteiger partial charge in [0.1, 0.15) is 5.54 Å². The molecule has 1 unspecified atom stereocenters. The number of nitrogens with one attached hydrogen (secondary N) is 2. The number of nitrogens with two attached hydrogens (primary N) is 1. The van der Waals surface area contributed by atoms with E-state index in [1.54, 1.807) is 12.4 Å². The van der Waals surface area contributed by atoms with Crippen LogP contribution in [0.4, 0.5) is 0 Å². The summed E-state index contributed by atoms with van der Waals surface area (Å²) in [5.74, 6) is 0.332. The number of halogens is 1. The number of hydrogen-bond acceptors (Lipinski definition) is 4. The molecule has 5 nitrogen and oxygen atoms in total. The molecule has 1 fully saturated rings. The van der Waals surface area contributed by atoms with Gasteiger partial charge in [-0.05, 0) is 93.0 Å². The predicted octanol–water partition coefficient (Wildman–Crippen LogP) is 3.03. The standard InChI is InChI=1S/C22H29ClN4O/c23-20-3-1-19(2-4-20)22(21(24)28,11-5-17-6-12-25-13-7-17)27-16-10-18-8-14-26-15-9-18/h1-4,6-7,12-13,18,26-27H,5,8-11,14-16H2,(H2,24,28). The Kier molecular flexibility index (Phi) is 7.43. The lowest BCUT2D eigenvalue weighted by Gasteiger charge is -2.34. The molecule has 0 saturated carbocycles. The fraction of sp³-hybridized carbons (Fsp3) is 0.455. The Morgan fingerprint density at radius 3 is 2.50 bits per heavy atom. The van der Waals surface area contributed by atoms with Crippen LogP contribution in [-0.4, -0.2) is 30.5 Å². The maximum Gasteiger partial charge on any atom is 0.242 e. The lowest BCUT2D eigenvalue weighted by atomic mass is 9.83. The van der Waals surface area contributed by atoms with Crippen molar-refractivity contribution in [1.82, 2.24) is 15.6 Å². The quantitative estimate of drug-likeness (QED) is 0.604. The van der Waals surface area contributed by atoms with Crippen molar-refractivity contribution in [3.05, 3.63) is 64.9 Å². The number of hydrogen-bond donors (Lipinski definition) is 3. The first-order valence-corrected chi connectivity index (χ1v) is 10.4. The zero-order valence-electron chi connectivity index (χ0n) is 16.2. The second-order valence-corrected chi connectivity index (χ2v) is 7.98. The molecule has 2 aromatic rings. The van der Waals surface area contributed by atoms with Gasteiger partial charge >= 0.3 is 0 Å². The molecule has 0 spiro atoms. The van der Waals surface area contributed by atoms with Gasteiger partial charge in [0.2, 0.25) is 5.91 Å². The molecule has 1 aromatic carbocycles. The van der Waals surface area contributed by atoms with Gasteiger partial charge in [0.15, 0.2) is 0 Å². The van der Waals surface area contributed by atoms with Crippen LogP contribution in [-0.2, 0) is 16.8 Å². The van der Waals surface area contributed by atoms with Crippen LogP contribution in [0, 0.1) is 5.92 Å². The van der Waals surface area contributed by atoms with E-state index in [9.17, 15) is 4.79 Å². The average Bonchev–Trinajstić information content (AvgIpc) is 2.72. The number of carbonyl (C=O) groups excluding carboxylic acids is 1. The predicted molar refractivity (Wildman–Crippen MR) is 113 cm³/mol. The van der Waals surface area contributed by atoms with Crippen molar-refractivity contribution in [3.63, 3.8) is 0 Å². The molecule has 1 aliphatic heterocycles. The molecule has 28 heavy (non-hydrogen) atoms. The molecule has 2 heterocycles. The first-order valence-electron chi connectivity index (χ1n) is 10.0. The molecule has 1 aromatic heterocycles. The lowest BCUT2D eigenvalue weighted by molar-refractivity contribution is -0.125. The Balaban J connectivity index is 1.77. The van der Waals surface area contributed by atoms with Crippen molar-refractivity contribution < 1.29 is 4.79 Å². The SMILES string of the molecule is NC(=O)C(CCc1ccncc1)(NCCC1CCNCC1)c1ccc(Cl)cc1. The van der Waals surface area contributed by atoms with E-state index in [1.165, 1.54) is 12.8 Å². The van der Waals surface area contributed by atoms with Gasteiger partial charge in [-0.2, -0.15) is 0 Å². The molecule has 150 valence electrons. The van der Waals surface area contributed by atoms with Gasteiger partial charge in [-0.3, -0.25) is 15.1 Å². The number of carbonyl (C=O) groups is 1. The minimum absolute atomic E-state index is 0.353. The summed E-state index contributed by atoms with van der Waals surface area (Å²) < 4.78 is 0. The number of amides is 1. The van der Waals surface area contributed by atoms with E-state index in [-0.39, 0.29) is 5.91 Å².